The van der Waals surface area contributed by atoms with Crippen LogP contribution in [-0.2, 0) is 19.4 Å². The molecule has 0 aliphatic rings. The van der Waals surface area contributed by atoms with Crippen molar-refractivity contribution in [2.75, 3.05) is 13.2 Å². The fraction of sp³-hybridized carbons (Fsp3) is 0.929. The first-order valence-electron chi connectivity index (χ1n) is 7.84. The van der Waals surface area contributed by atoms with E-state index >= 15 is 0 Å². The van der Waals surface area contributed by atoms with Gasteiger partial charge in [-0.2, -0.15) is 8.42 Å². The Labute approximate surface area is 157 Å². The number of nitrogens with one attached hydrogen (secondary N) is 1. The quantitative estimate of drug-likeness (QED) is 0.259. The summed E-state index contributed by atoms with van der Waals surface area (Å²) in [5, 5.41) is 2.54. The Morgan fingerprint density at radius 2 is 1.50 bits per heavy atom. The molecule has 0 aliphatic carbocycles. The van der Waals surface area contributed by atoms with Crippen molar-refractivity contribution in [1.29, 1.82) is 0 Å². The first-order valence-corrected chi connectivity index (χ1v) is 9.20. The number of carbonyl (C=O) groups excluding carboxylic acids is 1. The van der Waals surface area contributed by atoms with Gasteiger partial charge >= 0.3 is 40.0 Å². The molecule has 0 rings (SSSR count). The SMILES string of the molecule is CCCCCCCCCCCC(=O)NCCOS(=O)(=O)O.[Na+]. The second-order valence-electron chi connectivity index (χ2n) is 5.18. The van der Waals surface area contributed by atoms with Crippen LogP contribution in [0.5, 0.6) is 0 Å². The first-order chi connectivity index (χ1) is 9.95. The second kappa shape index (κ2) is 16.2. The van der Waals surface area contributed by atoms with Crippen LogP contribution in [0.3, 0.4) is 0 Å². The van der Waals surface area contributed by atoms with Crippen molar-refractivity contribution in [1.82, 2.24) is 5.32 Å². The van der Waals surface area contributed by atoms with Crippen molar-refractivity contribution in [3.8, 4) is 0 Å². The van der Waals surface area contributed by atoms with Gasteiger partial charge in [-0.05, 0) is 6.42 Å². The first kappa shape index (κ1) is 24.6. The Kier molecular flexibility index (Phi) is 18.1. The molecule has 0 saturated carbocycles. The molecule has 22 heavy (non-hydrogen) atoms. The van der Waals surface area contributed by atoms with Gasteiger partial charge in [-0.3, -0.25) is 9.35 Å². The van der Waals surface area contributed by atoms with Crippen LogP contribution in [0.1, 0.15) is 71.1 Å². The summed E-state index contributed by atoms with van der Waals surface area (Å²) in [5.41, 5.74) is 0. The monoisotopic (exact) mass is 346 g/mol. The molecule has 0 fully saturated rings. The van der Waals surface area contributed by atoms with E-state index in [1.807, 2.05) is 0 Å². The molecule has 0 saturated heterocycles. The molecule has 0 heterocycles. The maximum atomic E-state index is 11.4. The molecule has 2 N–H and O–H groups in total. The Hall–Kier alpha value is 0.340. The molecular weight excluding hydrogens is 317 g/mol. The average Bonchev–Trinajstić information content (AvgIpc) is 2.41. The molecule has 0 radical (unpaired) electrons. The van der Waals surface area contributed by atoms with Gasteiger partial charge in [-0.1, -0.05) is 58.3 Å². The Bertz CT molecular complexity index is 362. The zero-order valence-corrected chi connectivity index (χ0v) is 16.8. The number of rotatable bonds is 14. The van der Waals surface area contributed by atoms with Crippen LogP contribution in [-0.4, -0.2) is 32.0 Å². The molecule has 0 aromatic carbocycles. The van der Waals surface area contributed by atoms with E-state index in [1.54, 1.807) is 0 Å². The van der Waals surface area contributed by atoms with Crippen molar-refractivity contribution < 1.29 is 51.5 Å². The van der Waals surface area contributed by atoms with Crippen molar-refractivity contribution in [2.24, 2.45) is 0 Å². The minimum Gasteiger partial charge on any atom is -0.354 e. The molecule has 8 heteroatoms. The van der Waals surface area contributed by atoms with Gasteiger partial charge in [0.25, 0.3) is 0 Å². The summed E-state index contributed by atoms with van der Waals surface area (Å²) < 4.78 is 32.9. The number of unbranched alkanes of at least 4 members (excludes halogenated alkanes) is 8. The summed E-state index contributed by atoms with van der Waals surface area (Å²) in [6, 6.07) is 0. The summed E-state index contributed by atoms with van der Waals surface area (Å²) >= 11 is 0. The van der Waals surface area contributed by atoms with Crippen molar-refractivity contribution in [3.05, 3.63) is 0 Å². The molecule has 0 bridgehead atoms. The molecule has 0 aromatic rings. The summed E-state index contributed by atoms with van der Waals surface area (Å²) in [4.78, 5) is 11.4. The Morgan fingerprint density at radius 3 is 2.00 bits per heavy atom. The molecule has 0 unspecified atom stereocenters. The van der Waals surface area contributed by atoms with Gasteiger partial charge in [0.1, 0.15) is 0 Å². The van der Waals surface area contributed by atoms with Gasteiger partial charge in [0.15, 0.2) is 0 Å². The van der Waals surface area contributed by atoms with Crippen LogP contribution in [0.4, 0.5) is 0 Å². The van der Waals surface area contributed by atoms with Crippen molar-refractivity contribution in [2.45, 2.75) is 71.1 Å². The number of hydrogen-bond acceptors (Lipinski definition) is 4. The topological polar surface area (TPSA) is 92.7 Å². The van der Waals surface area contributed by atoms with E-state index in [4.69, 9.17) is 4.55 Å². The Morgan fingerprint density at radius 1 is 1.00 bits per heavy atom. The normalized spacial score (nSPS) is 11.0. The zero-order valence-electron chi connectivity index (χ0n) is 14.0. The third kappa shape index (κ3) is 20.3. The summed E-state index contributed by atoms with van der Waals surface area (Å²) in [6.07, 6.45) is 11.2. The predicted octanol–water partition coefficient (Wildman–Crippen LogP) is -0.153. The van der Waals surface area contributed by atoms with E-state index in [2.05, 4.69) is 16.4 Å². The summed E-state index contributed by atoms with van der Waals surface area (Å²) in [7, 11) is -4.41. The van der Waals surface area contributed by atoms with Crippen LogP contribution in [0.25, 0.3) is 0 Å². The van der Waals surface area contributed by atoms with Crippen LogP contribution in [0.2, 0.25) is 0 Å². The maximum absolute atomic E-state index is 11.4. The van der Waals surface area contributed by atoms with Gasteiger partial charge in [0.05, 0.1) is 6.61 Å². The summed E-state index contributed by atoms with van der Waals surface area (Å²) in [5.74, 6) is -0.114. The standard InChI is InChI=1S/C14H29NO5S.Na/c1-2-3-4-5-6-7-8-9-10-11-14(16)15-12-13-20-21(17,18)19;/h2-13H2,1H3,(H,15,16)(H,17,18,19);/q;+1. The summed E-state index contributed by atoms with van der Waals surface area (Å²) in [6.45, 7) is 2.04. The van der Waals surface area contributed by atoms with Crippen molar-refractivity contribution in [3.63, 3.8) is 0 Å². The number of carbonyl (C=O) groups is 1. The molecule has 0 aromatic heterocycles. The minimum absolute atomic E-state index is 0. The van der Waals surface area contributed by atoms with E-state index in [-0.39, 0.29) is 48.6 Å². The van der Waals surface area contributed by atoms with Crippen LogP contribution >= 0.6 is 0 Å². The second-order valence-corrected chi connectivity index (χ2v) is 6.27. The van der Waals surface area contributed by atoms with Gasteiger partial charge in [0, 0.05) is 13.0 Å². The van der Waals surface area contributed by atoms with Crippen LogP contribution in [0.15, 0.2) is 0 Å². The van der Waals surface area contributed by atoms with E-state index in [0.717, 1.165) is 19.3 Å². The van der Waals surface area contributed by atoms with Gasteiger partial charge in [-0.15, -0.1) is 0 Å². The van der Waals surface area contributed by atoms with Crippen LogP contribution < -0.4 is 34.9 Å². The van der Waals surface area contributed by atoms with E-state index in [1.165, 1.54) is 38.5 Å². The fourth-order valence-electron chi connectivity index (χ4n) is 2.02. The molecule has 0 aliphatic heterocycles. The molecule has 126 valence electrons. The van der Waals surface area contributed by atoms with Gasteiger partial charge < -0.3 is 5.32 Å². The molecule has 1 amide bonds. The van der Waals surface area contributed by atoms with E-state index in [0.29, 0.717) is 6.42 Å². The van der Waals surface area contributed by atoms with E-state index < -0.39 is 10.4 Å². The third-order valence-electron chi connectivity index (χ3n) is 3.16. The minimum atomic E-state index is -4.41. The number of amides is 1. The average molecular weight is 346 g/mol. The smallest absolute Gasteiger partial charge is 0.354 e. The zero-order chi connectivity index (χ0) is 16.0. The Balaban J connectivity index is 0. The van der Waals surface area contributed by atoms with Gasteiger partial charge in [0.2, 0.25) is 5.91 Å². The molecular formula is C14H29NNaO5S+. The largest absolute Gasteiger partial charge is 1.00 e. The number of hydrogen-bond donors (Lipinski definition) is 2. The predicted molar refractivity (Wildman–Crippen MR) is 82.4 cm³/mol. The molecule has 6 nitrogen and oxygen atoms in total. The van der Waals surface area contributed by atoms with Crippen molar-refractivity contribution >= 4 is 16.3 Å². The van der Waals surface area contributed by atoms with Crippen LogP contribution in [0, 0.1) is 0 Å². The maximum Gasteiger partial charge on any atom is 1.00 e. The fourth-order valence-corrected chi connectivity index (χ4v) is 2.32. The third-order valence-corrected chi connectivity index (χ3v) is 3.63. The molecule has 0 spiro atoms. The molecule has 0 atom stereocenters. The van der Waals surface area contributed by atoms with E-state index in [9.17, 15) is 13.2 Å². The van der Waals surface area contributed by atoms with Gasteiger partial charge in [-0.25, -0.2) is 4.18 Å².